The maximum absolute atomic E-state index is 9.11. The summed E-state index contributed by atoms with van der Waals surface area (Å²) in [6.07, 6.45) is 0. The van der Waals surface area contributed by atoms with E-state index < -0.39 is 0 Å². The Morgan fingerprint density at radius 2 is 2.09 bits per heavy atom. The lowest BCUT2D eigenvalue weighted by molar-refractivity contribution is 0.281. The molecule has 0 saturated carbocycles. The Balaban J connectivity index is 3.21. The van der Waals surface area contributed by atoms with E-state index in [2.05, 4.69) is 15.9 Å². The van der Waals surface area contributed by atoms with Gasteiger partial charge in [0.2, 0.25) is 0 Å². The predicted molar refractivity (Wildman–Crippen MR) is 46.7 cm³/mol. The standard InChI is InChI=1S/C7H6BrClO2/c8-5-1-4(3-10)6(9)2-7(5)11/h1-2,10-11H,3H2. The first-order valence-electron chi connectivity index (χ1n) is 2.93. The number of hydrogen-bond donors (Lipinski definition) is 2. The third kappa shape index (κ3) is 1.86. The molecule has 0 unspecified atom stereocenters. The fourth-order valence-electron chi connectivity index (χ4n) is 0.699. The van der Waals surface area contributed by atoms with E-state index in [-0.39, 0.29) is 12.4 Å². The molecule has 0 spiro atoms. The second kappa shape index (κ2) is 3.43. The van der Waals surface area contributed by atoms with Crippen molar-refractivity contribution in [2.24, 2.45) is 0 Å². The van der Waals surface area contributed by atoms with Crippen LogP contribution in [0.25, 0.3) is 0 Å². The van der Waals surface area contributed by atoms with Crippen molar-refractivity contribution in [1.29, 1.82) is 0 Å². The normalized spacial score (nSPS) is 10.1. The predicted octanol–water partition coefficient (Wildman–Crippen LogP) is 2.30. The van der Waals surface area contributed by atoms with E-state index in [1.807, 2.05) is 0 Å². The minimum atomic E-state index is -0.127. The molecule has 0 atom stereocenters. The van der Waals surface area contributed by atoms with E-state index in [9.17, 15) is 0 Å². The largest absolute Gasteiger partial charge is 0.507 e. The monoisotopic (exact) mass is 236 g/mol. The van der Waals surface area contributed by atoms with Crippen LogP contribution in [0.2, 0.25) is 5.02 Å². The molecule has 4 heteroatoms. The number of halogens is 2. The quantitative estimate of drug-likeness (QED) is 0.787. The summed E-state index contributed by atoms with van der Waals surface area (Å²) < 4.78 is 0.533. The molecule has 2 N–H and O–H groups in total. The average Bonchev–Trinajstić information content (AvgIpc) is 1.97. The van der Waals surface area contributed by atoms with Crippen molar-refractivity contribution >= 4 is 27.5 Å². The van der Waals surface area contributed by atoms with Crippen LogP contribution in [-0.4, -0.2) is 10.2 Å². The maximum Gasteiger partial charge on any atom is 0.131 e. The summed E-state index contributed by atoms with van der Waals surface area (Å²) >= 11 is 8.76. The lowest BCUT2D eigenvalue weighted by Crippen LogP contribution is -1.84. The molecule has 11 heavy (non-hydrogen) atoms. The lowest BCUT2D eigenvalue weighted by Gasteiger charge is -2.02. The van der Waals surface area contributed by atoms with Gasteiger partial charge in [-0.1, -0.05) is 11.6 Å². The van der Waals surface area contributed by atoms with Crippen molar-refractivity contribution in [3.8, 4) is 5.75 Å². The van der Waals surface area contributed by atoms with Crippen LogP contribution in [0.3, 0.4) is 0 Å². The Morgan fingerprint density at radius 1 is 1.45 bits per heavy atom. The van der Waals surface area contributed by atoms with Crippen LogP contribution in [0, 0.1) is 0 Å². The minimum absolute atomic E-state index is 0.0761. The SMILES string of the molecule is OCc1cc(Br)c(O)cc1Cl. The third-order valence-corrected chi connectivity index (χ3v) is 2.27. The van der Waals surface area contributed by atoms with Gasteiger partial charge in [0, 0.05) is 11.1 Å². The molecule has 0 fully saturated rings. The first-order valence-corrected chi connectivity index (χ1v) is 4.10. The summed E-state index contributed by atoms with van der Waals surface area (Å²) in [5.74, 6) is 0.0761. The summed E-state index contributed by atoms with van der Waals surface area (Å²) in [4.78, 5) is 0. The van der Waals surface area contributed by atoms with E-state index in [0.29, 0.717) is 15.1 Å². The lowest BCUT2D eigenvalue weighted by atomic mass is 10.2. The molecular weight excluding hydrogens is 231 g/mol. The van der Waals surface area contributed by atoms with Crippen molar-refractivity contribution in [3.63, 3.8) is 0 Å². The molecule has 0 saturated heterocycles. The van der Waals surface area contributed by atoms with Crippen LogP contribution < -0.4 is 0 Å². The minimum Gasteiger partial charge on any atom is -0.507 e. The molecule has 2 nitrogen and oxygen atoms in total. The smallest absolute Gasteiger partial charge is 0.131 e. The van der Waals surface area contributed by atoms with Crippen molar-refractivity contribution in [2.45, 2.75) is 6.61 Å². The van der Waals surface area contributed by atoms with E-state index >= 15 is 0 Å². The molecule has 1 aromatic carbocycles. The zero-order valence-electron chi connectivity index (χ0n) is 5.51. The van der Waals surface area contributed by atoms with Crippen molar-refractivity contribution < 1.29 is 10.2 Å². The highest BCUT2D eigenvalue weighted by Crippen LogP contribution is 2.30. The zero-order chi connectivity index (χ0) is 8.43. The van der Waals surface area contributed by atoms with Gasteiger partial charge in [-0.2, -0.15) is 0 Å². The second-order valence-electron chi connectivity index (χ2n) is 2.05. The molecule has 0 aromatic heterocycles. The van der Waals surface area contributed by atoms with Crippen LogP contribution in [-0.2, 0) is 6.61 Å². The topological polar surface area (TPSA) is 40.5 Å². The van der Waals surface area contributed by atoms with Gasteiger partial charge in [0.1, 0.15) is 5.75 Å². The van der Waals surface area contributed by atoms with E-state index in [1.165, 1.54) is 6.07 Å². The zero-order valence-corrected chi connectivity index (χ0v) is 7.85. The Bertz CT molecular complexity index is 275. The fourth-order valence-corrected chi connectivity index (χ4v) is 1.31. The Labute approximate surface area is 77.6 Å². The summed E-state index contributed by atoms with van der Waals surface area (Å²) in [5.41, 5.74) is 0.594. The van der Waals surface area contributed by atoms with Gasteiger partial charge in [0.25, 0.3) is 0 Å². The van der Waals surface area contributed by atoms with E-state index in [1.54, 1.807) is 6.07 Å². The van der Waals surface area contributed by atoms with Crippen molar-refractivity contribution in [3.05, 3.63) is 27.2 Å². The molecule has 0 amide bonds. The molecule has 0 aliphatic heterocycles. The van der Waals surface area contributed by atoms with Gasteiger partial charge in [-0.3, -0.25) is 0 Å². The molecule has 0 aliphatic rings. The summed E-state index contributed by atoms with van der Waals surface area (Å²) in [6.45, 7) is -0.127. The molecule has 0 heterocycles. The van der Waals surface area contributed by atoms with Gasteiger partial charge in [-0.25, -0.2) is 0 Å². The Hall–Kier alpha value is -0.250. The number of benzene rings is 1. The van der Waals surface area contributed by atoms with E-state index in [0.717, 1.165) is 0 Å². The van der Waals surface area contributed by atoms with Gasteiger partial charge in [-0.15, -0.1) is 0 Å². The fraction of sp³-hybridized carbons (Fsp3) is 0.143. The number of aromatic hydroxyl groups is 1. The summed E-state index contributed by atoms with van der Waals surface area (Å²) in [5, 5.41) is 18.2. The highest BCUT2D eigenvalue weighted by Gasteiger charge is 2.03. The number of aliphatic hydroxyl groups is 1. The Morgan fingerprint density at radius 3 is 2.64 bits per heavy atom. The molecule has 0 aliphatic carbocycles. The van der Waals surface area contributed by atoms with Gasteiger partial charge in [-0.05, 0) is 27.6 Å². The van der Waals surface area contributed by atoms with Crippen LogP contribution in [0.4, 0.5) is 0 Å². The van der Waals surface area contributed by atoms with Crippen LogP contribution in [0.15, 0.2) is 16.6 Å². The van der Waals surface area contributed by atoms with E-state index in [4.69, 9.17) is 21.8 Å². The number of phenols is 1. The number of aliphatic hydroxyl groups excluding tert-OH is 1. The highest BCUT2D eigenvalue weighted by atomic mass is 79.9. The van der Waals surface area contributed by atoms with Gasteiger partial charge in [0.15, 0.2) is 0 Å². The van der Waals surface area contributed by atoms with Crippen molar-refractivity contribution in [1.82, 2.24) is 0 Å². The maximum atomic E-state index is 9.11. The molecular formula is C7H6BrClO2. The molecule has 1 rings (SSSR count). The van der Waals surface area contributed by atoms with Crippen LogP contribution >= 0.6 is 27.5 Å². The van der Waals surface area contributed by atoms with Crippen LogP contribution in [0.5, 0.6) is 5.75 Å². The molecule has 0 bridgehead atoms. The summed E-state index contributed by atoms with van der Waals surface area (Å²) in [6, 6.07) is 2.97. The molecule has 0 radical (unpaired) electrons. The second-order valence-corrected chi connectivity index (χ2v) is 3.31. The first kappa shape index (κ1) is 8.84. The first-order chi connectivity index (χ1) is 5.15. The van der Waals surface area contributed by atoms with Gasteiger partial charge >= 0.3 is 0 Å². The third-order valence-electron chi connectivity index (χ3n) is 1.29. The number of phenolic OH excluding ortho intramolecular Hbond substituents is 1. The summed E-state index contributed by atoms with van der Waals surface area (Å²) in [7, 11) is 0. The molecule has 1 aromatic rings. The number of rotatable bonds is 1. The van der Waals surface area contributed by atoms with Gasteiger partial charge < -0.3 is 10.2 Å². The average molecular weight is 237 g/mol. The van der Waals surface area contributed by atoms with Gasteiger partial charge in [0.05, 0.1) is 11.1 Å². The molecule has 60 valence electrons. The van der Waals surface area contributed by atoms with Crippen LogP contribution in [0.1, 0.15) is 5.56 Å². The highest BCUT2D eigenvalue weighted by molar-refractivity contribution is 9.10. The number of hydrogen-bond acceptors (Lipinski definition) is 2. The van der Waals surface area contributed by atoms with Crippen molar-refractivity contribution in [2.75, 3.05) is 0 Å². The Kier molecular flexibility index (Phi) is 2.76.